The molecule has 3 rings (SSSR count). The van der Waals surface area contributed by atoms with E-state index in [0.717, 1.165) is 31.2 Å². The maximum Gasteiger partial charge on any atom is 0.242 e. The van der Waals surface area contributed by atoms with E-state index in [2.05, 4.69) is 5.32 Å². The number of nitrogens with one attached hydrogen (secondary N) is 1. The number of hydrogen-bond acceptors (Lipinski definition) is 4. The monoisotopic (exact) mass is 519 g/mol. The number of benzene rings is 2. The molecule has 0 spiro atoms. The van der Waals surface area contributed by atoms with Gasteiger partial charge in [-0.15, -0.1) is 0 Å². The van der Waals surface area contributed by atoms with Crippen molar-refractivity contribution in [2.75, 3.05) is 13.6 Å². The minimum absolute atomic E-state index is 0.111. The zero-order valence-electron chi connectivity index (χ0n) is 20.3. The molecule has 35 heavy (non-hydrogen) atoms. The Labute approximate surface area is 213 Å². The Balaban J connectivity index is 1.66. The maximum atomic E-state index is 13.3. The fourth-order valence-electron chi connectivity index (χ4n) is 4.27. The molecule has 0 saturated heterocycles. The molecule has 1 unspecified atom stereocenters. The van der Waals surface area contributed by atoms with Crippen molar-refractivity contribution in [2.45, 2.75) is 69.0 Å². The predicted molar refractivity (Wildman–Crippen MR) is 137 cm³/mol. The molecule has 2 aromatic carbocycles. The minimum atomic E-state index is -3.63. The summed E-state index contributed by atoms with van der Waals surface area (Å²) >= 11 is 6.34. The van der Waals surface area contributed by atoms with Gasteiger partial charge in [0, 0.05) is 37.6 Å². The third-order valence-corrected chi connectivity index (χ3v) is 8.72. The van der Waals surface area contributed by atoms with Gasteiger partial charge in [0.05, 0.1) is 4.90 Å². The van der Waals surface area contributed by atoms with Crippen molar-refractivity contribution < 1.29 is 18.0 Å². The Hall–Kier alpha value is -2.42. The molecular formula is C26H34ClN3O4S. The quantitative estimate of drug-likeness (QED) is 0.481. The molecule has 1 fully saturated rings. The second kappa shape index (κ2) is 12.5. The molecule has 2 amide bonds. The Kier molecular flexibility index (Phi) is 9.71. The van der Waals surface area contributed by atoms with E-state index in [1.54, 1.807) is 43.3 Å². The van der Waals surface area contributed by atoms with E-state index in [1.165, 1.54) is 16.3 Å². The standard InChI is InChI=1S/C26H34ClN3O4S/c1-20(26(32)28-22-12-7-8-13-22)30(19-21-11-6-9-16-24(21)27)25(31)17-10-18-29(2)35(33,34)23-14-4-3-5-15-23/h3-6,9,11,14-16,20,22H,7-8,10,12-13,17-19H2,1-2H3,(H,28,32). The van der Waals surface area contributed by atoms with Crippen LogP contribution < -0.4 is 5.32 Å². The smallest absolute Gasteiger partial charge is 0.242 e. The van der Waals surface area contributed by atoms with Gasteiger partial charge in [-0.1, -0.05) is 60.8 Å². The molecule has 0 radical (unpaired) electrons. The van der Waals surface area contributed by atoms with Crippen LogP contribution in [-0.2, 0) is 26.2 Å². The lowest BCUT2D eigenvalue weighted by atomic mass is 10.1. The summed E-state index contributed by atoms with van der Waals surface area (Å²) in [5.41, 5.74) is 0.756. The van der Waals surface area contributed by atoms with Gasteiger partial charge in [0.1, 0.15) is 6.04 Å². The molecule has 1 N–H and O–H groups in total. The summed E-state index contributed by atoms with van der Waals surface area (Å²) in [4.78, 5) is 28.0. The van der Waals surface area contributed by atoms with Gasteiger partial charge in [-0.25, -0.2) is 12.7 Å². The van der Waals surface area contributed by atoms with Gasteiger partial charge in [-0.2, -0.15) is 0 Å². The Bertz CT molecular complexity index is 1100. The van der Waals surface area contributed by atoms with Crippen molar-refractivity contribution in [3.63, 3.8) is 0 Å². The van der Waals surface area contributed by atoms with E-state index in [-0.39, 0.29) is 42.3 Å². The fraction of sp³-hybridized carbons (Fsp3) is 0.462. The van der Waals surface area contributed by atoms with Crippen LogP contribution in [0.15, 0.2) is 59.5 Å². The molecule has 7 nitrogen and oxygen atoms in total. The van der Waals surface area contributed by atoms with Gasteiger partial charge < -0.3 is 10.2 Å². The van der Waals surface area contributed by atoms with Crippen molar-refractivity contribution in [3.8, 4) is 0 Å². The average molecular weight is 520 g/mol. The number of carbonyl (C=O) groups excluding carboxylic acids is 2. The highest BCUT2D eigenvalue weighted by Crippen LogP contribution is 2.21. The number of carbonyl (C=O) groups is 2. The predicted octanol–water partition coefficient (Wildman–Crippen LogP) is 4.22. The first-order chi connectivity index (χ1) is 16.7. The van der Waals surface area contributed by atoms with Crippen LogP contribution in [0.25, 0.3) is 0 Å². The lowest BCUT2D eigenvalue weighted by Crippen LogP contribution is -2.49. The van der Waals surface area contributed by atoms with E-state index in [4.69, 9.17) is 11.6 Å². The second-order valence-electron chi connectivity index (χ2n) is 9.02. The topological polar surface area (TPSA) is 86.8 Å². The van der Waals surface area contributed by atoms with Crippen LogP contribution in [0.5, 0.6) is 0 Å². The van der Waals surface area contributed by atoms with Gasteiger partial charge in [0.2, 0.25) is 21.8 Å². The van der Waals surface area contributed by atoms with Crippen molar-refractivity contribution in [2.24, 2.45) is 0 Å². The number of halogens is 1. The summed E-state index contributed by atoms with van der Waals surface area (Å²) in [7, 11) is -2.12. The summed E-state index contributed by atoms with van der Waals surface area (Å²) in [6.45, 7) is 2.12. The van der Waals surface area contributed by atoms with Gasteiger partial charge in [-0.3, -0.25) is 9.59 Å². The molecule has 0 aliphatic heterocycles. The normalized spacial score (nSPS) is 15.2. The Morgan fingerprint density at radius 3 is 2.34 bits per heavy atom. The lowest BCUT2D eigenvalue weighted by Gasteiger charge is -2.30. The molecule has 190 valence electrons. The van der Waals surface area contributed by atoms with Gasteiger partial charge >= 0.3 is 0 Å². The summed E-state index contributed by atoms with van der Waals surface area (Å²) in [5.74, 6) is -0.398. The van der Waals surface area contributed by atoms with Crippen LogP contribution >= 0.6 is 11.6 Å². The third kappa shape index (κ3) is 7.29. The second-order valence-corrected chi connectivity index (χ2v) is 11.5. The average Bonchev–Trinajstić information content (AvgIpc) is 3.36. The summed E-state index contributed by atoms with van der Waals surface area (Å²) < 4.78 is 26.7. The number of rotatable bonds is 11. The van der Waals surface area contributed by atoms with Gasteiger partial charge in [-0.05, 0) is 49.9 Å². The maximum absolute atomic E-state index is 13.3. The summed E-state index contributed by atoms with van der Waals surface area (Å²) in [5, 5.41) is 3.60. The van der Waals surface area contributed by atoms with E-state index in [1.807, 2.05) is 18.2 Å². The van der Waals surface area contributed by atoms with Crippen LogP contribution in [-0.4, -0.2) is 55.1 Å². The first-order valence-corrected chi connectivity index (χ1v) is 13.9. The molecule has 9 heteroatoms. The van der Waals surface area contributed by atoms with E-state index in [0.29, 0.717) is 11.4 Å². The summed E-state index contributed by atoms with van der Waals surface area (Å²) in [6, 6.07) is 14.9. The number of nitrogens with zero attached hydrogens (tertiary/aromatic N) is 2. The van der Waals surface area contributed by atoms with Crippen LogP contribution in [0.4, 0.5) is 0 Å². The van der Waals surface area contributed by atoms with Crippen molar-refractivity contribution in [1.29, 1.82) is 0 Å². The van der Waals surface area contributed by atoms with Crippen molar-refractivity contribution >= 4 is 33.4 Å². The third-order valence-electron chi connectivity index (χ3n) is 6.48. The minimum Gasteiger partial charge on any atom is -0.352 e. The first kappa shape index (κ1) is 27.2. The Morgan fingerprint density at radius 1 is 1.06 bits per heavy atom. The molecule has 1 saturated carbocycles. The number of hydrogen-bond donors (Lipinski definition) is 1. The zero-order valence-corrected chi connectivity index (χ0v) is 21.9. The molecule has 1 aliphatic carbocycles. The van der Waals surface area contributed by atoms with E-state index in [9.17, 15) is 18.0 Å². The molecule has 2 aromatic rings. The first-order valence-electron chi connectivity index (χ1n) is 12.0. The number of amides is 2. The molecule has 0 aromatic heterocycles. The summed E-state index contributed by atoms with van der Waals surface area (Å²) in [6.07, 6.45) is 4.55. The van der Waals surface area contributed by atoms with E-state index < -0.39 is 16.1 Å². The van der Waals surface area contributed by atoms with Gasteiger partial charge in [0.15, 0.2) is 0 Å². The zero-order chi connectivity index (χ0) is 25.4. The SMILES string of the molecule is CC(C(=O)NC1CCCC1)N(Cc1ccccc1Cl)C(=O)CCCN(C)S(=O)(=O)c1ccccc1. The van der Waals surface area contributed by atoms with Crippen LogP contribution in [0.3, 0.4) is 0 Å². The van der Waals surface area contributed by atoms with Crippen LogP contribution in [0.1, 0.15) is 51.0 Å². The fourth-order valence-corrected chi connectivity index (χ4v) is 5.70. The lowest BCUT2D eigenvalue weighted by molar-refractivity contribution is -0.141. The molecule has 0 bridgehead atoms. The van der Waals surface area contributed by atoms with Crippen molar-refractivity contribution in [3.05, 3.63) is 65.2 Å². The van der Waals surface area contributed by atoms with Crippen LogP contribution in [0.2, 0.25) is 5.02 Å². The highest BCUT2D eigenvalue weighted by atomic mass is 35.5. The molecule has 1 aliphatic rings. The Morgan fingerprint density at radius 2 is 1.69 bits per heavy atom. The van der Waals surface area contributed by atoms with E-state index >= 15 is 0 Å². The van der Waals surface area contributed by atoms with Crippen LogP contribution in [0, 0.1) is 0 Å². The highest BCUT2D eigenvalue weighted by Gasteiger charge is 2.29. The largest absolute Gasteiger partial charge is 0.352 e. The molecule has 0 heterocycles. The molecular weight excluding hydrogens is 486 g/mol. The highest BCUT2D eigenvalue weighted by molar-refractivity contribution is 7.89. The van der Waals surface area contributed by atoms with Crippen molar-refractivity contribution in [1.82, 2.24) is 14.5 Å². The molecule has 1 atom stereocenters. The number of sulfonamides is 1. The van der Waals surface area contributed by atoms with Gasteiger partial charge in [0.25, 0.3) is 0 Å².